The minimum Gasteiger partial charge on any atom is -0.367 e. The molecule has 1 N–H and O–H groups in total. The van der Waals surface area contributed by atoms with E-state index >= 15 is 0 Å². The van der Waals surface area contributed by atoms with Crippen molar-refractivity contribution in [3.8, 4) is 0 Å². The first kappa shape index (κ1) is 19.2. The van der Waals surface area contributed by atoms with Crippen LogP contribution in [0.4, 0.5) is 11.4 Å². The predicted molar refractivity (Wildman–Crippen MR) is 109 cm³/mol. The van der Waals surface area contributed by atoms with Crippen molar-refractivity contribution in [2.75, 3.05) is 36.4 Å². The monoisotopic (exact) mass is 385 g/mol. The van der Waals surface area contributed by atoms with E-state index in [1.165, 1.54) is 0 Å². The van der Waals surface area contributed by atoms with Gasteiger partial charge < -0.3 is 15.1 Å². The first-order valence-corrected chi connectivity index (χ1v) is 9.60. The van der Waals surface area contributed by atoms with E-state index in [1.807, 2.05) is 54.3 Å². The molecule has 0 spiro atoms. The van der Waals surface area contributed by atoms with Crippen LogP contribution >= 0.6 is 11.6 Å². The second-order valence-electron chi connectivity index (χ2n) is 6.60. The van der Waals surface area contributed by atoms with Crippen LogP contribution in [0.1, 0.15) is 18.9 Å². The van der Waals surface area contributed by atoms with Crippen LogP contribution in [0.15, 0.2) is 48.5 Å². The van der Waals surface area contributed by atoms with E-state index in [1.54, 1.807) is 6.07 Å². The molecule has 1 aliphatic rings. The highest BCUT2D eigenvalue weighted by atomic mass is 35.5. The van der Waals surface area contributed by atoms with Crippen LogP contribution < -0.4 is 10.2 Å². The van der Waals surface area contributed by atoms with Gasteiger partial charge in [0.1, 0.15) is 0 Å². The highest BCUT2D eigenvalue weighted by Gasteiger charge is 2.21. The predicted octanol–water partition coefficient (Wildman–Crippen LogP) is 3.58. The Morgan fingerprint density at radius 3 is 2.37 bits per heavy atom. The van der Waals surface area contributed by atoms with Crippen LogP contribution in [0.2, 0.25) is 5.02 Å². The van der Waals surface area contributed by atoms with E-state index in [9.17, 15) is 9.59 Å². The zero-order valence-corrected chi connectivity index (χ0v) is 16.2. The first-order chi connectivity index (χ1) is 13.1. The number of hydrogen-bond acceptors (Lipinski definition) is 3. The second-order valence-corrected chi connectivity index (χ2v) is 7.01. The quantitative estimate of drug-likeness (QED) is 0.855. The fourth-order valence-electron chi connectivity index (χ4n) is 3.25. The van der Waals surface area contributed by atoms with E-state index in [2.05, 4.69) is 10.2 Å². The lowest BCUT2D eigenvalue weighted by atomic mass is 10.1. The van der Waals surface area contributed by atoms with Crippen LogP contribution in [-0.4, -0.2) is 42.9 Å². The number of piperazine rings is 1. The summed E-state index contributed by atoms with van der Waals surface area (Å²) < 4.78 is 0. The molecule has 0 aliphatic carbocycles. The van der Waals surface area contributed by atoms with Crippen LogP contribution in [-0.2, 0) is 16.0 Å². The summed E-state index contributed by atoms with van der Waals surface area (Å²) in [5.74, 6) is 0.119. The zero-order chi connectivity index (χ0) is 19.2. The first-order valence-electron chi connectivity index (χ1n) is 9.23. The van der Waals surface area contributed by atoms with Gasteiger partial charge in [-0.25, -0.2) is 0 Å². The van der Waals surface area contributed by atoms with Crippen molar-refractivity contribution in [1.82, 2.24) is 4.90 Å². The second kappa shape index (κ2) is 8.91. The Bertz CT molecular complexity index is 802. The van der Waals surface area contributed by atoms with Crippen LogP contribution in [0.25, 0.3) is 0 Å². The average molecular weight is 386 g/mol. The number of nitrogens with one attached hydrogen (secondary N) is 1. The number of anilines is 2. The molecule has 1 aliphatic heterocycles. The molecule has 0 radical (unpaired) electrons. The van der Waals surface area contributed by atoms with Gasteiger partial charge in [0.25, 0.3) is 0 Å². The van der Waals surface area contributed by atoms with Gasteiger partial charge in [-0.05, 0) is 23.8 Å². The molecule has 0 bridgehead atoms. The summed E-state index contributed by atoms with van der Waals surface area (Å²) in [6, 6.07) is 15.2. The van der Waals surface area contributed by atoms with Gasteiger partial charge in [-0.3, -0.25) is 9.59 Å². The zero-order valence-electron chi connectivity index (χ0n) is 15.5. The Kier molecular flexibility index (Phi) is 6.35. The summed E-state index contributed by atoms with van der Waals surface area (Å²) in [7, 11) is 0. The van der Waals surface area contributed by atoms with Gasteiger partial charge in [0.05, 0.1) is 17.1 Å². The Hall–Kier alpha value is -2.53. The van der Waals surface area contributed by atoms with Gasteiger partial charge in [-0.1, -0.05) is 48.9 Å². The number of rotatable bonds is 5. The number of nitrogens with zero attached hydrogens (tertiary/aromatic N) is 2. The van der Waals surface area contributed by atoms with Gasteiger partial charge >= 0.3 is 0 Å². The molecule has 2 aromatic rings. The van der Waals surface area contributed by atoms with Crippen molar-refractivity contribution in [1.29, 1.82) is 0 Å². The smallest absolute Gasteiger partial charge is 0.228 e. The molecule has 3 rings (SSSR count). The lowest BCUT2D eigenvalue weighted by molar-refractivity contribution is -0.131. The molecular formula is C21H24ClN3O2. The Morgan fingerprint density at radius 1 is 1.04 bits per heavy atom. The highest BCUT2D eigenvalue weighted by molar-refractivity contribution is 6.33. The van der Waals surface area contributed by atoms with Crippen molar-refractivity contribution in [3.05, 3.63) is 59.1 Å². The topological polar surface area (TPSA) is 52.7 Å². The standard InChI is InChI=1S/C21H24ClN3O2/c1-2-21(27)25-12-10-24(11-13-25)19-9-8-17(15-18(19)22)23-20(26)14-16-6-4-3-5-7-16/h3-9,15H,2,10-14H2,1H3,(H,23,26). The van der Waals surface area contributed by atoms with Gasteiger partial charge in [0, 0.05) is 38.3 Å². The number of benzene rings is 2. The van der Waals surface area contributed by atoms with Crippen LogP contribution in [0.3, 0.4) is 0 Å². The Morgan fingerprint density at radius 2 is 1.74 bits per heavy atom. The summed E-state index contributed by atoms with van der Waals surface area (Å²) in [5, 5.41) is 3.50. The van der Waals surface area contributed by atoms with Crippen LogP contribution in [0, 0.1) is 0 Å². The summed E-state index contributed by atoms with van der Waals surface area (Å²) in [6.07, 6.45) is 0.867. The normalized spacial score (nSPS) is 14.1. The number of carbonyl (C=O) groups is 2. The minimum absolute atomic E-state index is 0.0725. The molecule has 1 heterocycles. The molecule has 0 unspecified atom stereocenters. The van der Waals surface area contributed by atoms with Gasteiger partial charge in [0.2, 0.25) is 11.8 Å². The molecule has 1 fully saturated rings. The minimum atomic E-state index is -0.0725. The third kappa shape index (κ3) is 5.01. The van der Waals surface area contributed by atoms with E-state index in [-0.39, 0.29) is 11.8 Å². The maximum Gasteiger partial charge on any atom is 0.228 e. The summed E-state index contributed by atoms with van der Waals surface area (Å²) >= 11 is 6.46. The fourth-order valence-corrected chi connectivity index (χ4v) is 3.55. The largest absolute Gasteiger partial charge is 0.367 e. The van der Waals surface area contributed by atoms with E-state index < -0.39 is 0 Å². The van der Waals surface area contributed by atoms with Crippen molar-refractivity contribution in [2.45, 2.75) is 19.8 Å². The number of hydrogen-bond donors (Lipinski definition) is 1. The molecular weight excluding hydrogens is 362 g/mol. The number of carbonyl (C=O) groups excluding carboxylic acids is 2. The molecule has 0 saturated carbocycles. The molecule has 1 saturated heterocycles. The van der Waals surface area contributed by atoms with Crippen LogP contribution in [0.5, 0.6) is 0 Å². The molecule has 0 atom stereocenters. The number of halogens is 1. The highest BCUT2D eigenvalue weighted by Crippen LogP contribution is 2.29. The van der Waals surface area contributed by atoms with Gasteiger partial charge in [-0.2, -0.15) is 0 Å². The van der Waals surface area contributed by atoms with E-state index in [0.717, 1.165) is 24.3 Å². The SMILES string of the molecule is CCC(=O)N1CCN(c2ccc(NC(=O)Cc3ccccc3)cc2Cl)CC1. The third-order valence-electron chi connectivity index (χ3n) is 4.71. The summed E-state index contributed by atoms with van der Waals surface area (Å²) in [5.41, 5.74) is 2.59. The molecule has 142 valence electrons. The van der Waals surface area contributed by atoms with Gasteiger partial charge in [-0.15, -0.1) is 0 Å². The third-order valence-corrected chi connectivity index (χ3v) is 5.02. The average Bonchev–Trinajstić information content (AvgIpc) is 2.68. The van der Waals surface area contributed by atoms with Crippen molar-refractivity contribution in [3.63, 3.8) is 0 Å². The molecule has 5 nitrogen and oxygen atoms in total. The Labute approximate surface area is 164 Å². The molecule has 6 heteroatoms. The summed E-state index contributed by atoms with van der Waals surface area (Å²) in [4.78, 5) is 28.1. The van der Waals surface area contributed by atoms with Crippen molar-refractivity contribution >= 4 is 34.8 Å². The maximum absolute atomic E-state index is 12.2. The fraction of sp³-hybridized carbons (Fsp3) is 0.333. The van der Waals surface area contributed by atoms with Gasteiger partial charge in [0.15, 0.2) is 0 Å². The molecule has 27 heavy (non-hydrogen) atoms. The van der Waals surface area contributed by atoms with E-state index in [0.29, 0.717) is 36.6 Å². The molecule has 2 aromatic carbocycles. The Balaban J connectivity index is 1.59. The van der Waals surface area contributed by atoms with Crippen molar-refractivity contribution < 1.29 is 9.59 Å². The van der Waals surface area contributed by atoms with Crippen molar-refractivity contribution in [2.24, 2.45) is 0 Å². The summed E-state index contributed by atoms with van der Waals surface area (Å²) in [6.45, 7) is 4.81. The van der Waals surface area contributed by atoms with E-state index in [4.69, 9.17) is 11.6 Å². The molecule has 0 aromatic heterocycles. The number of amides is 2. The lowest BCUT2D eigenvalue weighted by Gasteiger charge is -2.36. The molecule has 2 amide bonds. The maximum atomic E-state index is 12.2. The lowest BCUT2D eigenvalue weighted by Crippen LogP contribution is -2.48.